The lowest BCUT2D eigenvalue weighted by Crippen LogP contribution is -2.46. The Labute approximate surface area is 124 Å². The minimum absolute atomic E-state index is 0.125. The van der Waals surface area contributed by atoms with Crippen molar-refractivity contribution in [1.82, 2.24) is 15.5 Å². The van der Waals surface area contributed by atoms with Crippen molar-refractivity contribution < 1.29 is 14.3 Å². The molecule has 1 heterocycles. The maximum absolute atomic E-state index is 12.8. The van der Waals surface area contributed by atoms with Crippen LogP contribution in [0.4, 0.5) is 4.39 Å². The number of aliphatic hydroxyl groups is 1. The van der Waals surface area contributed by atoms with Crippen LogP contribution in [0.2, 0.25) is 0 Å². The smallest absolute Gasteiger partial charge is 0.234 e. The molecule has 1 amide bonds. The molecule has 6 heteroatoms. The van der Waals surface area contributed by atoms with Gasteiger partial charge in [0.15, 0.2) is 0 Å². The molecule has 1 saturated heterocycles. The summed E-state index contributed by atoms with van der Waals surface area (Å²) in [4.78, 5) is 13.7. The number of β-amino-alcohol motifs (C(OH)–C–C–N with tert-alkyl or cyclic N) is 1. The highest BCUT2D eigenvalue weighted by atomic mass is 19.1. The van der Waals surface area contributed by atoms with Gasteiger partial charge in [0, 0.05) is 19.6 Å². The summed E-state index contributed by atoms with van der Waals surface area (Å²) in [5.74, 6) is -0.391. The fraction of sp³-hybridized carbons (Fsp3) is 0.533. The number of hydrogen-bond acceptors (Lipinski definition) is 4. The molecular formula is C15H22FN3O2. The van der Waals surface area contributed by atoms with Gasteiger partial charge in [0.05, 0.1) is 12.1 Å². The Balaban J connectivity index is 1.72. The summed E-state index contributed by atoms with van der Waals surface area (Å²) < 4.78 is 12.8. The molecule has 0 aliphatic carbocycles. The summed E-state index contributed by atoms with van der Waals surface area (Å²) in [6.45, 7) is 2.36. The minimum Gasteiger partial charge on any atom is -0.387 e. The third kappa shape index (κ3) is 5.08. The minimum atomic E-state index is -0.828. The third-order valence-corrected chi connectivity index (χ3v) is 3.62. The number of likely N-dealkylation sites (N-methyl/N-ethyl adjacent to an activating group) is 1. The number of nitrogens with zero attached hydrogens (tertiary/aromatic N) is 1. The Bertz CT molecular complexity index is 472. The molecule has 116 valence electrons. The second-order valence-electron chi connectivity index (χ2n) is 5.73. The average molecular weight is 295 g/mol. The summed E-state index contributed by atoms with van der Waals surface area (Å²) >= 11 is 0. The van der Waals surface area contributed by atoms with Gasteiger partial charge in [-0.05, 0) is 37.7 Å². The van der Waals surface area contributed by atoms with Gasteiger partial charge in [0.2, 0.25) is 5.91 Å². The van der Waals surface area contributed by atoms with E-state index >= 15 is 0 Å². The fourth-order valence-electron chi connectivity index (χ4n) is 2.40. The first-order chi connectivity index (χ1) is 9.97. The second-order valence-corrected chi connectivity index (χ2v) is 5.73. The van der Waals surface area contributed by atoms with Gasteiger partial charge < -0.3 is 15.7 Å². The predicted molar refractivity (Wildman–Crippen MR) is 78.2 cm³/mol. The number of nitrogens with one attached hydrogen (secondary N) is 2. The van der Waals surface area contributed by atoms with Gasteiger partial charge in [-0.15, -0.1) is 0 Å². The number of carbonyl (C=O) groups excluding carboxylic acids is 1. The highest BCUT2D eigenvalue weighted by Gasteiger charge is 2.31. The summed E-state index contributed by atoms with van der Waals surface area (Å²) in [6, 6.07) is 6.23. The zero-order valence-electron chi connectivity index (χ0n) is 12.2. The summed E-state index contributed by atoms with van der Waals surface area (Å²) in [5, 5.41) is 15.9. The van der Waals surface area contributed by atoms with E-state index in [1.54, 1.807) is 12.1 Å². The van der Waals surface area contributed by atoms with E-state index in [1.165, 1.54) is 12.1 Å². The molecule has 0 saturated carbocycles. The number of halogens is 1. The van der Waals surface area contributed by atoms with E-state index in [1.807, 2.05) is 11.9 Å². The Kier molecular flexibility index (Phi) is 5.27. The third-order valence-electron chi connectivity index (χ3n) is 3.62. The van der Waals surface area contributed by atoms with Crippen LogP contribution in [0.25, 0.3) is 0 Å². The van der Waals surface area contributed by atoms with Gasteiger partial charge >= 0.3 is 0 Å². The number of hydrogen-bond donors (Lipinski definition) is 3. The molecule has 1 aliphatic heterocycles. The molecule has 1 aromatic rings. The standard InChI is InChI=1S/C15H22FN3O2/c1-19(8-12-2-4-13(16)5-3-12)9-14(20)18-11-15(21)6-7-17-10-15/h2-5,17,21H,6-11H2,1H3,(H,18,20). The molecule has 1 unspecified atom stereocenters. The van der Waals surface area contributed by atoms with Gasteiger partial charge in [0.1, 0.15) is 5.82 Å². The molecule has 1 fully saturated rings. The molecule has 0 spiro atoms. The lowest BCUT2D eigenvalue weighted by atomic mass is 10.0. The van der Waals surface area contributed by atoms with E-state index in [-0.39, 0.29) is 24.8 Å². The molecule has 0 bridgehead atoms. The van der Waals surface area contributed by atoms with Crippen molar-refractivity contribution in [2.75, 3.05) is 33.2 Å². The summed E-state index contributed by atoms with van der Waals surface area (Å²) in [7, 11) is 1.83. The number of benzene rings is 1. The Morgan fingerprint density at radius 3 is 2.81 bits per heavy atom. The fourth-order valence-corrected chi connectivity index (χ4v) is 2.40. The van der Waals surface area contributed by atoms with E-state index < -0.39 is 5.60 Å². The molecule has 2 rings (SSSR count). The summed E-state index contributed by atoms with van der Waals surface area (Å²) in [6.07, 6.45) is 0.651. The van der Waals surface area contributed by atoms with Crippen LogP contribution in [0, 0.1) is 5.82 Å². The van der Waals surface area contributed by atoms with Gasteiger partial charge in [0.25, 0.3) is 0 Å². The van der Waals surface area contributed by atoms with Crippen LogP contribution < -0.4 is 10.6 Å². The van der Waals surface area contributed by atoms with Crippen LogP contribution in [-0.4, -0.2) is 54.7 Å². The number of carbonyl (C=O) groups is 1. The van der Waals surface area contributed by atoms with Crippen LogP contribution in [0.5, 0.6) is 0 Å². The molecule has 0 aromatic heterocycles. The van der Waals surface area contributed by atoms with Crippen LogP contribution in [0.1, 0.15) is 12.0 Å². The van der Waals surface area contributed by atoms with Crippen LogP contribution >= 0.6 is 0 Å². The van der Waals surface area contributed by atoms with Gasteiger partial charge in [-0.3, -0.25) is 9.69 Å². The van der Waals surface area contributed by atoms with Crippen molar-refractivity contribution in [3.63, 3.8) is 0 Å². The maximum Gasteiger partial charge on any atom is 0.234 e. The van der Waals surface area contributed by atoms with Gasteiger partial charge in [-0.2, -0.15) is 0 Å². The largest absolute Gasteiger partial charge is 0.387 e. The normalized spacial score (nSPS) is 21.7. The Morgan fingerprint density at radius 1 is 1.48 bits per heavy atom. The highest BCUT2D eigenvalue weighted by Crippen LogP contribution is 2.12. The first-order valence-electron chi connectivity index (χ1n) is 7.10. The molecule has 0 radical (unpaired) electrons. The first kappa shape index (κ1) is 15.9. The highest BCUT2D eigenvalue weighted by molar-refractivity contribution is 5.78. The first-order valence-corrected chi connectivity index (χ1v) is 7.10. The Morgan fingerprint density at radius 2 is 2.19 bits per heavy atom. The quantitative estimate of drug-likeness (QED) is 0.696. The molecule has 5 nitrogen and oxygen atoms in total. The van der Waals surface area contributed by atoms with Crippen molar-refractivity contribution in [3.8, 4) is 0 Å². The van der Waals surface area contributed by atoms with Crippen LogP contribution in [-0.2, 0) is 11.3 Å². The predicted octanol–water partition coefficient (Wildman–Crippen LogP) is 0.0981. The molecule has 1 atom stereocenters. The van der Waals surface area contributed by atoms with E-state index in [2.05, 4.69) is 10.6 Å². The second kappa shape index (κ2) is 6.98. The SMILES string of the molecule is CN(CC(=O)NCC1(O)CCNC1)Cc1ccc(F)cc1. The topological polar surface area (TPSA) is 64.6 Å². The number of amides is 1. The van der Waals surface area contributed by atoms with Gasteiger partial charge in [-0.25, -0.2) is 4.39 Å². The van der Waals surface area contributed by atoms with Crippen molar-refractivity contribution in [1.29, 1.82) is 0 Å². The van der Waals surface area contributed by atoms with Crippen LogP contribution in [0.3, 0.4) is 0 Å². The molecule has 1 aliphatic rings. The zero-order chi connectivity index (χ0) is 15.3. The lowest BCUT2D eigenvalue weighted by molar-refractivity contribution is -0.123. The van der Waals surface area contributed by atoms with Crippen molar-refractivity contribution in [2.45, 2.75) is 18.6 Å². The zero-order valence-corrected chi connectivity index (χ0v) is 12.2. The summed E-state index contributed by atoms with van der Waals surface area (Å²) in [5.41, 5.74) is 0.121. The van der Waals surface area contributed by atoms with Crippen molar-refractivity contribution in [3.05, 3.63) is 35.6 Å². The van der Waals surface area contributed by atoms with E-state index in [0.717, 1.165) is 12.1 Å². The lowest BCUT2D eigenvalue weighted by Gasteiger charge is -2.23. The monoisotopic (exact) mass is 295 g/mol. The van der Waals surface area contributed by atoms with E-state index in [4.69, 9.17) is 0 Å². The number of rotatable bonds is 6. The van der Waals surface area contributed by atoms with Crippen molar-refractivity contribution in [2.24, 2.45) is 0 Å². The average Bonchev–Trinajstić information content (AvgIpc) is 2.87. The molecular weight excluding hydrogens is 273 g/mol. The van der Waals surface area contributed by atoms with E-state index in [9.17, 15) is 14.3 Å². The van der Waals surface area contributed by atoms with Crippen LogP contribution in [0.15, 0.2) is 24.3 Å². The Hall–Kier alpha value is -1.50. The molecule has 1 aromatic carbocycles. The molecule has 3 N–H and O–H groups in total. The van der Waals surface area contributed by atoms with Gasteiger partial charge in [-0.1, -0.05) is 12.1 Å². The van der Waals surface area contributed by atoms with Crippen molar-refractivity contribution >= 4 is 5.91 Å². The maximum atomic E-state index is 12.8. The molecule has 21 heavy (non-hydrogen) atoms. The van der Waals surface area contributed by atoms with E-state index in [0.29, 0.717) is 19.5 Å².